The monoisotopic (exact) mass is 333 g/mol. The molecule has 5 nitrogen and oxygen atoms in total. The molecule has 0 bridgehead atoms. The molecule has 0 aliphatic heterocycles. The Bertz CT molecular complexity index is 921. The lowest BCUT2D eigenvalue weighted by atomic mass is 10.0. The number of aryl methyl sites for hydroxylation is 1. The van der Waals surface area contributed by atoms with Crippen LogP contribution in [0, 0.1) is 0 Å². The maximum atomic E-state index is 12.1. The first-order chi connectivity index (χ1) is 12.1. The van der Waals surface area contributed by atoms with Crippen LogP contribution in [0.5, 0.6) is 0 Å². The summed E-state index contributed by atoms with van der Waals surface area (Å²) in [6, 6.07) is 16.7. The van der Waals surface area contributed by atoms with Crippen LogP contribution in [0.3, 0.4) is 0 Å². The van der Waals surface area contributed by atoms with Crippen LogP contribution in [-0.4, -0.2) is 16.8 Å². The van der Waals surface area contributed by atoms with Crippen LogP contribution in [0.2, 0.25) is 0 Å². The molecule has 1 aromatic heterocycles. The molecule has 0 aliphatic rings. The molecule has 5 heteroatoms. The number of hydrogen-bond donors (Lipinski definition) is 2. The summed E-state index contributed by atoms with van der Waals surface area (Å²) >= 11 is 0. The number of carbonyl (C=O) groups is 2. The fourth-order valence-corrected chi connectivity index (χ4v) is 2.79. The quantitative estimate of drug-likeness (QED) is 0.726. The Morgan fingerprint density at radius 3 is 2.72 bits per heavy atom. The minimum Gasteiger partial charge on any atom is -0.366 e. The normalized spacial score (nSPS) is 10.6. The van der Waals surface area contributed by atoms with Crippen LogP contribution in [0.1, 0.15) is 28.8 Å². The van der Waals surface area contributed by atoms with E-state index in [1.54, 1.807) is 18.3 Å². The molecule has 3 aromatic rings. The molecule has 25 heavy (non-hydrogen) atoms. The van der Waals surface area contributed by atoms with Gasteiger partial charge >= 0.3 is 0 Å². The highest BCUT2D eigenvalue weighted by Gasteiger charge is 2.08. The first-order valence-electron chi connectivity index (χ1n) is 8.16. The van der Waals surface area contributed by atoms with Gasteiger partial charge in [-0.15, -0.1) is 0 Å². The first kappa shape index (κ1) is 16.6. The summed E-state index contributed by atoms with van der Waals surface area (Å²) in [7, 11) is 0. The third-order valence-corrected chi connectivity index (χ3v) is 4.02. The number of nitrogens with one attached hydrogen (secondary N) is 1. The Hall–Kier alpha value is -3.21. The summed E-state index contributed by atoms with van der Waals surface area (Å²) in [5.74, 6) is -0.496. The van der Waals surface area contributed by atoms with Gasteiger partial charge in [0, 0.05) is 29.3 Å². The smallest absolute Gasteiger partial charge is 0.248 e. The Morgan fingerprint density at radius 1 is 1.04 bits per heavy atom. The average Bonchev–Trinajstić information content (AvgIpc) is 2.62. The minimum atomic E-state index is -0.440. The lowest BCUT2D eigenvalue weighted by molar-refractivity contribution is -0.116. The van der Waals surface area contributed by atoms with E-state index in [0.717, 1.165) is 22.2 Å². The fourth-order valence-electron chi connectivity index (χ4n) is 2.79. The SMILES string of the molecule is NC(=O)c1ccccc1CCCC(=O)Nc1ccc2ncccc2c1. The van der Waals surface area contributed by atoms with Gasteiger partial charge in [0.25, 0.3) is 0 Å². The van der Waals surface area contributed by atoms with Crippen LogP contribution in [-0.2, 0) is 11.2 Å². The zero-order chi connectivity index (χ0) is 17.6. The highest BCUT2D eigenvalue weighted by atomic mass is 16.1. The van der Waals surface area contributed by atoms with E-state index in [1.807, 2.05) is 42.5 Å². The zero-order valence-corrected chi connectivity index (χ0v) is 13.7. The van der Waals surface area contributed by atoms with Gasteiger partial charge < -0.3 is 11.1 Å². The van der Waals surface area contributed by atoms with Gasteiger partial charge in [-0.05, 0) is 48.7 Å². The zero-order valence-electron chi connectivity index (χ0n) is 13.7. The molecule has 0 unspecified atom stereocenters. The van der Waals surface area contributed by atoms with Gasteiger partial charge in [-0.2, -0.15) is 0 Å². The molecule has 3 rings (SSSR count). The number of fused-ring (bicyclic) bond motifs is 1. The van der Waals surface area contributed by atoms with Gasteiger partial charge in [-0.1, -0.05) is 24.3 Å². The topological polar surface area (TPSA) is 85.1 Å². The number of nitrogens with zero attached hydrogens (tertiary/aromatic N) is 1. The second kappa shape index (κ2) is 7.57. The molecular weight excluding hydrogens is 314 g/mol. The van der Waals surface area contributed by atoms with Crippen LogP contribution < -0.4 is 11.1 Å². The Labute approximate surface area is 145 Å². The number of aromatic nitrogens is 1. The number of primary amides is 1. The highest BCUT2D eigenvalue weighted by molar-refractivity contribution is 5.95. The predicted molar refractivity (Wildman–Crippen MR) is 98.3 cm³/mol. The number of carbonyl (C=O) groups excluding carboxylic acids is 2. The second-order valence-corrected chi connectivity index (χ2v) is 5.83. The number of pyridine rings is 1. The van der Waals surface area contributed by atoms with Crippen molar-refractivity contribution in [2.24, 2.45) is 5.73 Å². The van der Waals surface area contributed by atoms with Crippen LogP contribution in [0.25, 0.3) is 10.9 Å². The van der Waals surface area contributed by atoms with E-state index in [2.05, 4.69) is 10.3 Å². The maximum Gasteiger partial charge on any atom is 0.248 e. The van der Waals surface area contributed by atoms with Crippen LogP contribution in [0.15, 0.2) is 60.8 Å². The molecule has 0 atom stereocenters. The Morgan fingerprint density at radius 2 is 1.88 bits per heavy atom. The summed E-state index contributed by atoms with van der Waals surface area (Å²) in [5.41, 5.74) is 8.41. The molecular formula is C20H19N3O2. The standard InChI is InChI=1S/C20H19N3O2/c21-20(25)17-8-2-1-5-14(17)6-3-9-19(24)23-16-10-11-18-15(13-16)7-4-12-22-18/h1-2,4-5,7-8,10-13H,3,6,9H2,(H2,21,25)(H,23,24). The van der Waals surface area contributed by atoms with Gasteiger partial charge in [0.2, 0.25) is 11.8 Å². The Kier molecular flexibility index (Phi) is 5.04. The maximum absolute atomic E-state index is 12.1. The molecule has 2 amide bonds. The van der Waals surface area contributed by atoms with Crippen molar-refractivity contribution in [1.29, 1.82) is 0 Å². The van der Waals surface area contributed by atoms with E-state index in [9.17, 15) is 9.59 Å². The van der Waals surface area contributed by atoms with Crippen molar-refractivity contribution in [3.8, 4) is 0 Å². The molecule has 2 aromatic carbocycles. The van der Waals surface area contributed by atoms with Crippen molar-refractivity contribution in [3.63, 3.8) is 0 Å². The van der Waals surface area contributed by atoms with E-state index in [0.29, 0.717) is 24.8 Å². The molecule has 0 aliphatic carbocycles. The van der Waals surface area contributed by atoms with Crippen LogP contribution in [0.4, 0.5) is 5.69 Å². The van der Waals surface area contributed by atoms with Gasteiger partial charge in [0.15, 0.2) is 0 Å². The molecule has 0 fully saturated rings. The molecule has 0 saturated carbocycles. The van der Waals surface area contributed by atoms with Gasteiger partial charge in [0.1, 0.15) is 0 Å². The van der Waals surface area contributed by atoms with E-state index in [-0.39, 0.29) is 5.91 Å². The van der Waals surface area contributed by atoms with E-state index >= 15 is 0 Å². The second-order valence-electron chi connectivity index (χ2n) is 5.83. The number of amides is 2. The fraction of sp³-hybridized carbons (Fsp3) is 0.150. The number of hydrogen-bond acceptors (Lipinski definition) is 3. The lowest BCUT2D eigenvalue weighted by Gasteiger charge is -2.08. The third-order valence-electron chi connectivity index (χ3n) is 4.02. The van der Waals surface area contributed by atoms with Crippen LogP contribution >= 0.6 is 0 Å². The number of benzene rings is 2. The molecule has 126 valence electrons. The van der Waals surface area contributed by atoms with Crippen molar-refractivity contribution in [3.05, 3.63) is 71.9 Å². The Balaban J connectivity index is 1.57. The molecule has 0 radical (unpaired) electrons. The predicted octanol–water partition coefficient (Wildman–Crippen LogP) is 3.30. The highest BCUT2D eigenvalue weighted by Crippen LogP contribution is 2.17. The van der Waals surface area contributed by atoms with Gasteiger partial charge in [-0.25, -0.2) is 0 Å². The van der Waals surface area contributed by atoms with Crippen molar-refractivity contribution < 1.29 is 9.59 Å². The van der Waals surface area contributed by atoms with Crippen molar-refractivity contribution in [1.82, 2.24) is 4.98 Å². The number of nitrogens with two attached hydrogens (primary N) is 1. The van der Waals surface area contributed by atoms with E-state index < -0.39 is 5.91 Å². The van der Waals surface area contributed by atoms with Crippen molar-refractivity contribution in [2.45, 2.75) is 19.3 Å². The van der Waals surface area contributed by atoms with Crippen molar-refractivity contribution >= 4 is 28.4 Å². The summed E-state index contributed by atoms with van der Waals surface area (Å²) < 4.78 is 0. The molecule has 0 spiro atoms. The lowest BCUT2D eigenvalue weighted by Crippen LogP contribution is -2.14. The first-order valence-corrected chi connectivity index (χ1v) is 8.16. The summed E-state index contributed by atoms with van der Waals surface area (Å²) in [4.78, 5) is 27.8. The van der Waals surface area contributed by atoms with Gasteiger partial charge in [0.05, 0.1) is 5.52 Å². The number of anilines is 1. The summed E-state index contributed by atoms with van der Waals surface area (Å²) in [6.07, 6.45) is 3.39. The summed E-state index contributed by atoms with van der Waals surface area (Å²) in [6.45, 7) is 0. The van der Waals surface area contributed by atoms with E-state index in [4.69, 9.17) is 5.73 Å². The minimum absolute atomic E-state index is 0.0557. The third kappa shape index (κ3) is 4.20. The van der Waals surface area contributed by atoms with Gasteiger partial charge in [-0.3, -0.25) is 14.6 Å². The number of rotatable bonds is 6. The molecule has 1 heterocycles. The molecule has 3 N–H and O–H groups in total. The summed E-state index contributed by atoms with van der Waals surface area (Å²) in [5, 5.41) is 3.88. The van der Waals surface area contributed by atoms with E-state index in [1.165, 1.54) is 0 Å². The molecule has 0 saturated heterocycles. The average molecular weight is 333 g/mol. The van der Waals surface area contributed by atoms with Crippen molar-refractivity contribution in [2.75, 3.05) is 5.32 Å². The largest absolute Gasteiger partial charge is 0.366 e.